The van der Waals surface area contributed by atoms with Crippen LogP contribution in [0, 0.1) is 0 Å². The first-order valence-electron chi connectivity index (χ1n) is 19.8. The lowest BCUT2D eigenvalue weighted by molar-refractivity contribution is -0.166. The normalized spacial score (nSPS) is 12.6. The molecule has 0 heterocycles. The van der Waals surface area contributed by atoms with Crippen molar-refractivity contribution in [2.75, 3.05) is 13.2 Å². The summed E-state index contributed by atoms with van der Waals surface area (Å²) in [7, 11) is 0. The molecule has 1 atom stereocenters. The molecule has 0 saturated carbocycles. The van der Waals surface area contributed by atoms with Crippen molar-refractivity contribution < 1.29 is 28.6 Å². The Morgan fingerprint density at radius 1 is 0.429 bits per heavy atom. The molecule has 0 aliphatic carbocycles. The van der Waals surface area contributed by atoms with Crippen molar-refractivity contribution in [3.8, 4) is 0 Å². The van der Waals surface area contributed by atoms with E-state index in [4.69, 9.17) is 14.2 Å². The average Bonchev–Trinajstić information content (AvgIpc) is 3.10. The van der Waals surface area contributed by atoms with E-state index in [-0.39, 0.29) is 37.5 Å². The van der Waals surface area contributed by atoms with Gasteiger partial charge in [-0.05, 0) is 64.2 Å². The van der Waals surface area contributed by atoms with Gasteiger partial charge < -0.3 is 14.2 Å². The van der Waals surface area contributed by atoms with Gasteiger partial charge >= 0.3 is 17.9 Å². The lowest BCUT2D eigenvalue weighted by Crippen LogP contribution is -2.30. The maximum atomic E-state index is 12.6. The summed E-state index contributed by atoms with van der Waals surface area (Å²) < 4.78 is 16.5. The Balaban J connectivity index is 4.49. The van der Waals surface area contributed by atoms with Gasteiger partial charge in [0, 0.05) is 19.3 Å². The molecule has 1 unspecified atom stereocenters. The van der Waals surface area contributed by atoms with Crippen LogP contribution in [0.25, 0.3) is 0 Å². The van der Waals surface area contributed by atoms with E-state index in [0.717, 1.165) is 83.5 Å². The molecule has 0 radical (unpaired) electrons. The number of carbonyl (C=O) groups is 3. The molecule has 6 nitrogen and oxygen atoms in total. The van der Waals surface area contributed by atoms with Crippen molar-refractivity contribution in [1.29, 1.82) is 0 Å². The van der Waals surface area contributed by atoms with Crippen LogP contribution in [0.2, 0.25) is 0 Å². The molecule has 280 valence electrons. The minimum Gasteiger partial charge on any atom is -0.462 e. The average molecular weight is 685 g/mol. The van der Waals surface area contributed by atoms with Crippen LogP contribution >= 0.6 is 0 Å². The van der Waals surface area contributed by atoms with Gasteiger partial charge in [0.05, 0.1) is 0 Å². The third-order valence-electron chi connectivity index (χ3n) is 8.00. The zero-order chi connectivity index (χ0) is 35.9. The van der Waals surface area contributed by atoms with Gasteiger partial charge in [0.15, 0.2) is 6.10 Å². The van der Waals surface area contributed by atoms with E-state index in [2.05, 4.69) is 69.4 Å². The number of hydrogen-bond acceptors (Lipinski definition) is 6. The summed E-state index contributed by atoms with van der Waals surface area (Å²) in [6.07, 6.45) is 43.7. The molecule has 0 saturated heterocycles. The second-order valence-electron chi connectivity index (χ2n) is 12.8. The second kappa shape index (κ2) is 37.9. The lowest BCUT2D eigenvalue weighted by atomic mass is 10.1. The Labute approximate surface area is 300 Å². The molecule has 0 amide bonds. The van der Waals surface area contributed by atoms with Crippen LogP contribution in [0.3, 0.4) is 0 Å². The van der Waals surface area contributed by atoms with E-state index in [0.29, 0.717) is 19.3 Å². The summed E-state index contributed by atoms with van der Waals surface area (Å²) in [4.78, 5) is 37.4. The quantitative estimate of drug-likeness (QED) is 0.0290. The van der Waals surface area contributed by atoms with Crippen molar-refractivity contribution in [3.05, 3.63) is 60.8 Å². The first kappa shape index (κ1) is 46.1. The van der Waals surface area contributed by atoms with Crippen LogP contribution in [0.15, 0.2) is 60.8 Å². The second-order valence-corrected chi connectivity index (χ2v) is 12.8. The molecule has 0 aliphatic rings. The molecule has 0 rings (SSSR count). The number of hydrogen-bond donors (Lipinski definition) is 0. The smallest absolute Gasteiger partial charge is 0.306 e. The lowest BCUT2D eigenvalue weighted by Gasteiger charge is -2.18. The highest BCUT2D eigenvalue weighted by atomic mass is 16.6. The standard InChI is InChI=1S/C43H72O6/c1-4-7-10-13-16-19-21-22-23-25-27-30-33-36-42(45)48-39-40(38-47-41(44)35-32-29-26-18-15-12-9-6-3)49-43(46)37-34-31-28-24-20-17-14-11-8-5-2/h7,10-11,14,16,19,22-23,27,30,40H,4-6,8-9,12-13,15,17-18,20-21,24-26,28-29,31-39H2,1-3H3/b10-7-,14-11-,19-16-,23-22-,30-27-. The van der Waals surface area contributed by atoms with Gasteiger partial charge in [-0.15, -0.1) is 0 Å². The molecule has 0 fully saturated rings. The first-order valence-corrected chi connectivity index (χ1v) is 19.8. The number of unbranched alkanes of at least 4 members (excludes halogenated alkanes) is 13. The van der Waals surface area contributed by atoms with Crippen molar-refractivity contribution in [3.63, 3.8) is 0 Å². The third-order valence-corrected chi connectivity index (χ3v) is 8.00. The summed E-state index contributed by atoms with van der Waals surface area (Å²) >= 11 is 0. The summed E-state index contributed by atoms with van der Waals surface area (Å²) in [5.41, 5.74) is 0. The molecule has 0 aromatic heterocycles. The van der Waals surface area contributed by atoms with Crippen LogP contribution in [-0.2, 0) is 28.6 Å². The van der Waals surface area contributed by atoms with Crippen LogP contribution < -0.4 is 0 Å². The first-order chi connectivity index (χ1) is 24.0. The van der Waals surface area contributed by atoms with Gasteiger partial charge in [0.1, 0.15) is 13.2 Å². The zero-order valence-electron chi connectivity index (χ0n) is 31.7. The van der Waals surface area contributed by atoms with E-state index in [9.17, 15) is 14.4 Å². The predicted molar refractivity (Wildman–Crippen MR) is 205 cm³/mol. The summed E-state index contributed by atoms with van der Waals surface area (Å²) in [6.45, 7) is 6.32. The molecule has 0 N–H and O–H groups in total. The highest BCUT2D eigenvalue weighted by molar-refractivity contribution is 5.71. The van der Waals surface area contributed by atoms with Gasteiger partial charge in [0.2, 0.25) is 0 Å². The molecule has 49 heavy (non-hydrogen) atoms. The molecule has 0 aliphatic heterocycles. The third kappa shape index (κ3) is 36.2. The van der Waals surface area contributed by atoms with Crippen LogP contribution in [0.4, 0.5) is 0 Å². The highest BCUT2D eigenvalue weighted by Crippen LogP contribution is 2.12. The predicted octanol–water partition coefficient (Wildman–Crippen LogP) is 12.2. The fourth-order valence-electron chi connectivity index (χ4n) is 5.04. The van der Waals surface area contributed by atoms with Crippen molar-refractivity contribution in [2.24, 2.45) is 0 Å². The highest BCUT2D eigenvalue weighted by Gasteiger charge is 2.19. The van der Waals surface area contributed by atoms with E-state index in [1.165, 1.54) is 44.9 Å². The fourth-order valence-corrected chi connectivity index (χ4v) is 5.04. The molecular weight excluding hydrogens is 612 g/mol. The Morgan fingerprint density at radius 3 is 1.45 bits per heavy atom. The van der Waals surface area contributed by atoms with E-state index < -0.39 is 6.10 Å². The van der Waals surface area contributed by atoms with Gasteiger partial charge in [0.25, 0.3) is 0 Å². The van der Waals surface area contributed by atoms with Gasteiger partial charge in [-0.2, -0.15) is 0 Å². The number of carbonyl (C=O) groups excluding carboxylic acids is 3. The van der Waals surface area contributed by atoms with Crippen molar-refractivity contribution in [2.45, 2.75) is 181 Å². The zero-order valence-corrected chi connectivity index (χ0v) is 31.7. The van der Waals surface area contributed by atoms with Crippen LogP contribution in [0.5, 0.6) is 0 Å². The summed E-state index contributed by atoms with van der Waals surface area (Å²) in [6, 6.07) is 0. The molecule has 0 aromatic rings. The number of esters is 3. The number of ether oxygens (including phenoxy) is 3. The Kier molecular flexibility index (Phi) is 35.7. The van der Waals surface area contributed by atoms with Crippen LogP contribution in [0.1, 0.15) is 175 Å². The molecular formula is C43H72O6. The van der Waals surface area contributed by atoms with Crippen LogP contribution in [-0.4, -0.2) is 37.2 Å². The Bertz CT molecular complexity index is 929. The fraction of sp³-hybridized carbons (Fsp3) is 0.698. The largest absolute Gasteiger partial charge is 0.462 e. The molecule has 0 spiro atoms. The minimum absolute atomic E-state index is 0.0999. The summed E-state index contributed by atoms with van der Waals surface area (Å²) in [5.74, 6) is -1.01. The molecule has 0 bridgehead atoms. The monoisotopic (exact) mass is 685 g/mol. The van der Waals surface area contributed by atoms with Crippen molar-refractivity contribution >= 4 is 17.9 Å². The van der Waals surface area contributed by atoms with E-state index in [1.807, 2.05) is 12.2 Å². The van der Waals surface area contributed by atoms with E-state index in [1.54, 1.807) is 0 Å². The summed E-state index contributed by atoms with van der Waals surface area (Å²) in [5, 5.41) is 0. The number of rotatable bonds is 34. The Morgan fingerprint density at radius 2 is 0.878 bits per heavy atom. The molecule has 0 aromatic carbocycles. The topological polar surface area (TPSA) is 78.9 Å². The Hall–Kier alpha value is -2.89. The SMILES string of the molecule is CC/C=C\C/C=C\C/C=C\C/C=C\CCC(=O)OCC(COC(=O)CCCCCCCCCC)OC(=O)CCCCCCC/C=C\CCC. The maximum absolute atomic E-state index is 12.6. The van der Waals surface area contributed by atoms with Crippen molar-refractivity contribution in [1.82, 2.24) is 0 Å². The van der Waals surface area contributed by atoms with Gasteiger partial charge in [-0.25, -0.2) is 0 Å². The maximum Gasteiger partial charge on any atom is 0.306 e. The molecule has 6 heteroatoms. The van der Waals surface area contributed by atoms with Gasteiger partial charge in [-0.3, -0.25) is 14.4 Å². The van der Waals surface area contributed by atoms with Gasteiger partial charge in [-0.1, -0.05) is 152 Å². The minimum atomic E-state index is -0.800. The number of allylic oxidation sites excluding steroid dienone is 10. The van der Waals surface area contributed by atoms with E-state index >= 15 is 0 Å².